The van der Waals surface area contributed by atoms with Crippen molar-refractivity contribution in [2.24, 2.45) is 0 Å². The Hall–Kier alpha value is -0.980. The molecule has 1 saturated heterocycles. The summed E-state index contributed by atoms with van der Waals surface area (Å²) in [5.74, 6) is 0. The number of likely N-dealkylation sites (N-methyl/N-ethyl adjacent to an activating group) is 1. The van der Waals surface area contributed by atoms with E-state index < -0.39 is 0 Å². The zero-order valence-corrected chi connectivity index (χ0v) is 11.3. The monoisotopic (exact) mass is 253 g/mol. The minimum atomic E-state index is -0.114. The zero-order valence-electron chi connectivity index (χ0n) is 11.3. The Balaban J connectivity index is 1.79. The summed E-state index contributed by atoms with van der Waals surface area (Å²) in [5, 5.41) is 17.8. The quantitative estimate of drug-likeness (QED) is 0.787. The van der Waals surface area contributed by atoms with E-state index in [4.69, 9.17) is 0 Å². The van der Waals surface area contributed by atoms with Crippen molar-refractivity contribution in [1.29, 1.82) is 0 Å². The lowest BCUT2D eigenvalue weighted by Crippen LogP contribution is -2.35. The fraction of sp³-hybridized carbons (Fsp3) is 0.833. The SMILES string of the molecule is CN(C)CCn1cc(CN2CCC(O)CC2)nn1. The van der Waals surface area contributed by atoms with Crippen LogP contribution in [0.2, 0.25) is 0 Å². The van der Waals surface area contributed by atoms with Gasteiger partial charge in [-0.25, -0.2) is 0 Å². The van der Waals surface area contributed by atoms with Crippen LogP contribution in [0.3, 0.4) is 0 Å². The molecule has 0 aliphatic carbocycles. The molecule has 6 heteroatoms. The van der Waals surface area contributed by atoms with Crippen LogP contribution >= 0.6 is 0 Å². The van der Waals surface area contributed by atoms with Crippen molar-refractivity contribution in [2.45, 2.75) is 32.0 Å². The van der Waals surface area contributed by atoms with Crippen molar-refractivity contribution in [3.63, 3.8) is 0 Å². The molecule has 0 aromatic carbocycles. The maximum atomic E-state index is 9.46. The number of hydrogen-bond donors (Lipinski definition) is 1. The van der Waals surface area contributed by atoms with Crippen molar-refractivity contribution in [1.82, 2.24) is 24.8 Å². The maximum Gasteiger partial charge on any atom is 0.0967 e. The Morgan fingerprint density at radius 2 is 2.11 bits per heavy atom. The number of rotatable bonds is 5. The van der Waals surface area contributed by atoms with Gasteiger partial charge in [0.25, 0.3) is 0 Å². The third-order valence-electron chi connectivity index (χ3n) is 3.31. The number of hydrogen-bond acceptors (Lipinski definition) is 5. The first kappa shape index (κ1) is 13.5. The lowest BCUT2D eigenvalue weighted by molar-refractivity contribution is 0.0786. The molecule has 0 spiro atoms. The first-order chi connectivity index (χ1) is 8.63. The topological polar surface area (TPSA) is 57.4 Å². The number of aromatic nitrogens is 3. The Kier molecular flexibility index (Phi) is 4.68. The molecule has 1 aliphatic heterocycles. The van der Waals surface area contributed by atoms with Crippen LogP contribution in [0.4, 0.5) is 0 Å². The minimum absolute atomic E-state index is 0.114. The van der Waals surface area contributed by atoms with Gasteiger partial charge >= 0.3 is 0 Å². The second kappa shape index (κ2) is 6.26. The molecule has 0 unspecified atom stereocenters. The molecule has 2 rings (SSSR count). The van der Waals surface area contributed by atoms with Crippen LogP contribution in [-0.2, 0) is 13.1 Å². The first-order valence-electron chi connectivity index (χ1n) is 6.57. The number of piperidine rings is 1. The summed E-state index contributed by atoms with van der Waals surface area (Å²) in [7, 11) is 4.10. The highest BCUT2D eigenvalue weighted by molar-refractivity contribution is 4.93. The van der Waals surface area contributed by atoms with E-state index >= 15 is 0 Å². The molecule has 102 valence electrons. The second-order valence-corrected chi connectivity index (χ2v) is 5.28. The van der Waals surface area contributed by atoms with Crippen molar-refractivity contribution in [3.05, 3.63) is 11.9 Å². The maximum absolute atomic E-state index is 9.46. The van der Waals surface area contributed by atoms with Crippen LogP contribution in [-0.4, -0.2) is 69.7 Å². The van der Waals surface area contributed by atoms with Crippen LogP contribution in [0.25, 0.3) is 0 Å². The molecule has 0 radical (unpaired) electrons. The molecule has 1 fully saturated rings. The third-order valence-corrected chi connectivity index (χ3v) is 3.31. The van der Waals surface area contributed by atoms with Gasteiger partial charge in [-0.1, -0.05) is 5.21 Å². The summed E-state index contributed by atoms with van der Waals surface area (Å²) >= 11 is 0. The molecule has 0 atom stereocenters. The van der Waals surface area contributed by atoms with Crippen molar-refractivity contribution < 1.29 is 5.11 Å². The predicted octanol–water partition coefficient (Wildman–Crippen LogP) is -0.204. The molecule has 2 heterocycles. The van der Waals surface area contributed by atoms with Crippen LogP contribution in [0, 0.1) is 0 Å². The lowest BCUT2D eigenvalue weighted by atomic mass is 10.1. The van der Waals surface area contributed by atoms with E-state index in [2.05, 4.69) is 34.2 Å². The highest BCUT2D eigenvalue weighted by Crippen LogP contribution is 2.12. The number of aliphatic hydroxyl groups is 1. The van der Waals surface area contributed by atoms with E-state index in [-0.39, 0.29) is 6.10 Å². The van der Waals surface area contributed by atoms with Crippen molar-refractivity contribution in [3.8, 4) is 0 Å². The molecule has 1 N–H and O–H groups in total. The molecule has 0 amide bonds. The standard InChI is InChI=1S/C12H23N5O/c1-15(2)7-8-17-10-11(13-14-17)9-16-5-3-12(18)4-6-16/h10,12,18H,3-9H2,1-2H3. The Morgan fingerprint density at radius 3 is 2.78 bits per heavy atom. The van der Waals surface area contributed by atoms with Gasteiger partial charge < -0.3 is 10.0 Å². The first-order valence-corrected chi connectivity index (χ1v) is 6.57. The molecular formula is C12H23N5O. The highest BCUT2D eigenvalue weighted by atomic mass is 16.3. The van der Waals surface area contributed by atoms with E-state index in [0.717, 1.165) is 51.3 Å². The fourth-order valence-electron chi connectivity index (χ4n) is 2.13. The molecular weight excluding hydrogens is 230 g/mol. The lowest BCUT2D eigenvalue weighted by Gasteiger charge is -2.28. The molecule has 0 saturated carbocycles. The summed E-state index contributed by atoms with van der Waals surface area (Å²) in [5.41, 5.74) is 1.02. The van der Waals surface area contributed by atoms with Gasteiger partial charge in [-0.3, -0.25) is 9.58 Å². The van der Waals surface area contributed by atoms with Gasteiger partial charge in [0.05, 0.1) is 18.3 Å². The highest BCUT2D eigenvalue weighted by Gasteiger charge is 2.17. The summed E-state index contributed by atoms with van der Waals surface area (Å²) < 4.78 is 1.90. The van der Waals surface area contributed by atoms with Gasteiger partial charge in [0.2, 0.25) is 0 Å². The van der Waals surface area contributed by atoms with E-state index in [1.165, 1.54) is 0 Å². The van der Waals surface area contributed by atoms with Gasteiger partial charge in [0.15, 0.2) is 0 Å². The number of aliphatic hydroxyl groups excluding tert-OH is 1. The van der Waals surface area contributed by atoms with Gasteiger partial charge in [-0.15, -0.1) is 5.10 Å². The smallest absolute Gasteiger partial charge is 0.0967 e. The number of likely N-dealkylation sites (tertiary alicyclic amines) is 1. The minimum Gasteiger partial charge on any atom is -0.393 e. The van der Waals surface area contributed by atoms with Crippen molar-refractivity contribution >= 4 is 0 Å². The molecule has 18 heavy (non-hydrogen) atoms. The predicted molar refractivity (Wildman–Crippen MR) is 69.1 cm³/mol. The second-order valence-electron chi connectivity index (χ2n) is 5.28. The Bertz CT molecular complexity index is 357. The Morgan fingerprint density at radius 1 is 1.39 bits per heavy atom. The normalized spacial score (nSPS) is 18.7. The van der Waals surface area contributed by atoms with Crippen molar-refractivity contribution in [2.75, 3.05) is 33.7 Å². The third kappa shape index (κ3) is 4.04. The number of nitrogens with zero attached hydrogens (tertiary/aromatic N) is 5. The van der Waals surface area contributed by atoms with Gasteiger partial charge in [0.1, 0.15) is 0 Å². The van der Waals surface area contributed by atoms with Crippen LogP contribution in [0.5, 0.6) is 0 Å². The largest absolute Gasteiger partial charge is 0.393 e. The van der Waals surface area contributed by atoms with E-state index in [1.807, 2.05) is 10.9 Å². The molecule has 0 bridgehead atoms. The molecule has 1 aromatic rings. The Labute approximate surface area is 108 Å². The fourth-order valence-corrected chi connectivity index (χ4v) is 2.13. The average molecular weight is 253 g/mol. The van der Waals surface area contributed by atoms with Gasteiger partial charge in [0, 0.05) is 32.4 Å². The van der Waals surface area contributed by atoms with Gasteiger partial charge in [-0.2, -0.15) is 0 Å². The summed E-state index contributed by atoms with van der Waals surface area (Å²) in [6, 6.07) is 0. The molecule has 1 aromatic heterocycles. The summed E-state index contributed by atoms with van der Waals surface area (Å²) in [4.78, 5) is 4.46. The zero-order chi connectivity index (χ0) is 13.0. The van der Waals surface area contributed by atoms with E-state index in [1.54, 1.807) is 0 Å². The van der Waals surface area contributed by atoms with E-state index in [9.17, 15) is 5.11 Å². The molecule has 6 nitrogen and oxygen atoms in total. The van der Waals surface area contributed by atoms with Crippen LogP contribution in [0.1, 0.15) is 18.5 Å². The molecule has 1 aliphatic rings. The van der Waals surface area contributed by atoms with E-state index in [0.29, 0.717) is 0 Å². The summed E-state index contributed by atoms with van der Waals surface area (Å²) in [6.45, 7) is 4.59. The van der Waals surface area contributed by atoms with Gasteiger partial charge in [-0.05, 0) is 26.9 Å². The summed E-state index contributed by atoms with van der Waals surface area (Å²) in [6.07, 6.45) is 3.65. The van der Waals surface area contributed by atoms with Crippen LogP contribution < -0.4 is 0 Å². The van der Waals surface area contributed by atoms with Crippen LogP contribution in [0.15, 0.2) is 6.20 Å². The average Bonchev–Trinajstić information content (AvgIpc) is 2.77.